The predicted molar refractivity (Wildman–Crippen MR) is 96.5 cm³/mol. The van der Waals surface area contributed by atoms with E-state index in [1.165, 1.54) is 6.07 Å². The summed E-state index contributed by atoms with van der Waals surface area (Å²) in [6, 6.07) is 4.77. The Morgan fingerprint density at radius 2 is 2.08 bits per heavy atom. The molecule has 0 radical (unpaired) electrons. The van der Waals surface area contributed by atoms with Gasteiger partial charge in [0, 0.05) is 24.6 Å². The van der Waals surface area contributed by atoms with Gasteiger partial charge in [-0.1, -0.05) is 6.07 Å². The molecule has 3 heterocycles. The maximum Gasteiger partial charge on any atom is 0.238 e. The first kappa shape index (κ1) is 17.1. The van der Waals surface area contributed by atoms with Crippen LogP contribution in [0.1, 0.15) is 42.4 Å². The lowest BCUT2D eigenvalue weighted by atomic mass is 9.96. The van der Waals surface area contributed by atoms with Gasteiger partial charge >= 0.3 is 0 Å². The Bertz CT molecular complexity index is 810. The van der Waals surface area contributed by atoms with Gasteiger partial charge in [0.2, 0.25) is 5.91 Å². The van der Waals surface area contributed by atoms with Gasteiger partial charge in [-0.25, -0.2) is 4.39 Å². The molecule has 0 aliphatic carbocycles. The summed E-state index contributed by atoms with van der Waals surface area (Å²) < 4.78 is 15.9. The Kier molecular flexibility index (Phi) is 4.72. The van der Waals surface area contributed by atoms with Crippen molar-refractivity contribution in [3.63, 3.8) is 0 Å². The first-order chi connectivity index (χ1) is 12.6. The van der Waals surface area contributed by atoms with Crippen molar-refractivity contribution in [1.29, 1.82) is 0 Å². The number of carbonyl (C=O) groups excluding carboxylic acids is 1. The second-order valence-corrected chi connectivity index (χ2v) is 7.29. The average Bonchev–Trinajstić information content (AvgIpc) is 3.22. The third-order valence-electron chi connectivity index (χ3n) is 5.41. The molecule has 2 aliphatic heterocycles. The van der Waals surface area contributed by atoms with Crippen molar-refractivity contribution in [2.75, 3.05) is 25.0 Å². The standard InChI is InChI=1S/C19H24FN5O/c1-13-4-5-15(11-16(13)20)21-18(26)12-24-9-6-14(7-10-24)19-23-22-17-3-2-8-25(17)19/h4-5,11,14H,2-3,6-10,12H2,1H3,(H,21,26). The number of anilines is 1. The van der Waals surface area contributed by atoms with Crippen LogP contribution in [0.5, 0.6) is 0 Å². The third-order valence-corrected chi connectivity index (χ3v) is 5.41. The topological polar surface area (TPSA) is 63.1 Å². The highest BCUT2D eigenvalue weighted by molar-refractivity contribution is 5.92. The van der Waals surface area contributed by atoms with Crippen molar-refractivity contribution in [3.05, 3.63) is 41.2 Å². The maximum absolute atomic E-state index is 13.6. The lowest BCUT2D eigenvalue weighted by molar-refractivity contribution is -0.117. The van der Waals surface area contributed by atoms with Crippen LogP contribution in [0, 0.1) is 12.7 Å². The van der Waals surface area contributed by atoms with E-state index in [1.54, 1.807) is 19.1 Å². The number of amides is 1. The summed E-state index contributed by atoms with van der Waals surface area (Å²) >= 11 is 0. The molecule has 1 aromatic heterocycles. The zero-order valence-electron chi connectivity index (χ0n) is 15.0. The number of carbonyl (C=O) groups is 1. The van der Waals surface area contributed by atoms with Crippen LogP contribution in [0.25, 0.3) is 0 Å². The summed E-state index contributed by atoms with van der Waals surface area (Å²) in [6.45, 7) is 4.80. The zero-order valence-corrected chi connectivity index (χ0v) is 15.0. The molecule has 1 aromatic carbocycles. The number of nitrogens with zero attached hydrogens (tertiary/aromatic N) is 4. The van der Waals surface area contributed by atoms with E-state index in [0.29, 0.717) is 23.7 Å². The van der Waals surface area contributed by atoms with Crippen molar-refractivity contribution in [3.8, 4) is 0 Å². The van der Waals surface area contributed by atoms with E-state index < -0.39 is 0 Å². The van der Waals surface area contributed by atoms with Gasteiger partial charge in [0.25, 0.3) is 0 Å². The fourth-order valence-corrected chi connectivity index (χ4v) is 3.90. The molecule has 0 unspecified atom stereocenters. The Morgan fingerprint density at radius 1 is 1.27 bits per heavy atom. The van der Waals surface area contributed by atoms with Crippen molar-refractivity contribution < 1.29 is 9.18 Å². The van der Waals surface area contributed by atoms with Crippen LogP contribution >= 0.6 is 0 Å². The van der Waals surface area contributed by atoms with Gasteiger partial charge < -0.3 is 9.88 Å². The maximum atomic E-state index is 13.6. The van der Waals surface area contributed by atoms with Crippen LogP contribution in [0.15, 0.2) is 18.2 Å². The Morgan fingerprint density at radius 3 is 2.85 bits per heavy atom. The van der Waals surface area contributed by atoms with Gasteiger partial charge in [-0.3, -0.25) is 9.69 Å². The number of piperidine rings is 1. The Hall–Kier alpha value is -2.28. The number of nitrogens with one attached hydrogen (secondary N) is 1. The molecule has 6 nitrogen and oxygen atoms in total. The summed E-state index contributed by atoms with van der Waals surface area (Å²) in [5.74, 6) is 2.27. The van der Waals surface area contributed by atoms with Gasteiger partial charge in [-0.05, 0) is 57.0 Å². The van der Waals surface area contributed by atoms with Crippen LogP contribution in [-0.2, 0) is 17.8 Å². The first-order valence-electron chi connectivity index (χ1n) is 9.30. The number of likely N-dealkylation sites (tertiary alicyclic amines) is 1. The highest BCUT2D eigenvalue weighted by Gasteiger charge is 2.28. The normalized spacial score (nSPS) is 18.1. The predicted octanol–water partition coefficient (Wildman–Crippen LogP) is 2.49. The molecule has 1 fully saturated rings. The smallest absolute Gasteiger partial charge is 0.238 e. The van der Waals surface area contributed by atoms with Crippen molar-refractivity contribution in [2.45, 2.75) is 45.1 Å². The highest BCUT2D eigenvalue weighted by atomic mass is 19.1. The fourth-order valence-electron chi connectivity index (χ4n) is 3.90. The molecule has 0 saturated carbocycles. The summed E-state index contributed by atoms with van der Waals surface area (Å²) in [5, 5.41) is 11.5. The van der Waals surface area contributed by atoms with Crippen LogP contribution in [0.4, 0.5) is 10.1 Å². The summed E-state index contributed by atoms with van der Waals surface area (Å²) in [7, 11) is 0. The lowest BCUT2D eigenvalue weighted by Gasteiger charge is -2.31. The van der Waals surface area contributed by atoms with E-state index in [-0.39, 0.29) is 11.7 Å². The molecular weight excluding hydrogens is 333 g/mol. The molecule has 138 valence electrons. The second-order valence-electron chi connectivity index (χ2n) is 7.29. The van der Waals surface area contributed by atoms with Crippen molar-refractivity contribution in [1.82, 2.24) is 19.7 Å². The quantitative estimate of drug-likeness (QED) is 0.913. The molecule has 26 heavy (non-hydrogen) atoms. The minimum atomic E-state index is -0.301. The minimum absolute atomic E-state index is 0.102. The molecular formula is C19H24FN5O. The van der Waals surface area contributed by atoms with Gasteiger partial charge in [0.05, 0.1) is 6.54 Å². The molecule has 1 N–H and O–H groups in total. The number of halogens is 1. The SMILES string of the molecule is Cc1ccc(NC(=O)CN2CCC(c3nnc4n3CCC4)CC2)cc1F. The molecule has 0 atom stereocenters. The van der Waals surface area contributed by atoms with Gasteiger partial charge in [-0.2, -0.15) is 0 Å². The average molecular weight is 357 g/mol. The largest absolute Gasteiger partial charge is 0.325 e. The minimum Gasteiger partial charge on any atom is -0.325 e. The van der Waals surface area contributed by atoms with Gasteiger partial charge in [0.15, 0.2) is 0 Å². The molecule has 2 aromatic rings. The van der Waals surface area contributed by atoms with Crippen molar-refractivity contribution >= 4 is 11.6 Å². The van der Waals surface area contributed by atoms with E-state index >= 15 is 0 Å². The lowest BCUT2D eigenvalue weighted by Crippen LogP contribution is -2.39. The summed E-state index contributed by atoms with van der Waals surface area (Å²) in [5.41, 5.74) is 1.08. The molecule has 1 saturated heterocycles. The summed E-state index contributed by atoms with van der Waals surface area (Å²) in [6.07, 6.45) is 4.18. The summed E-state index contributed by atoms with van der Waals surface area (Å²) in [4.78, 5) is 14.4. The van der Waals surface area contributed by atoms with Crippen LogP contribution in [0.2, 0.25) is 0 Å². The Balaban J connectivity index is 1.29. The first-order valence-corrected chi connectivity index (χ1v) is 9.30. The number of aromatic nitrogens is 3. The van der Waals surface area contributed by atoms with E-state index in [0.717, 1.165) is 57.0 Å². The van der Waals surface area contributed by atoms with Crippen LogP contribution in [0.3, 0.4) is 0 Å². The monoisotopic (exact) mass is 357 g/mol. The molecule has 0 spiro atoms. The number of benzene rings is 1. The number of hydrogen-bond donors (Lipinski definition) is 1. The third kappa shape index (κ3) is 3.49. The number of rotatable bonds is 4. The zero-order chi connectivity index (χ0) is 18.1. The fraction of sp³-hybridized carbons (Fsp3) is 0.526. The number of aryl methyl sites for hydroxylation is 2. The van der Waals surface area contributed by atoms with E-state index in [4.69, 9.17) is 0 Å². The van der Waals surface area contributed by atoms with Crippen LogP contribution < -0.4 is 5.32 Å². The molecule has 2 aliphatic rings. The molecule has 1 amide bonds. The van der Waals surface area contributed by atoms with Crippen LogP contribution in [-0.4, -0.2) is 45.2 Å². The highest BCUT2D eigenvalue weighted by Crippen LogP contribution is 2.29. The van der Waals surface area contributed by atoms with E-state index in [1.807, 2.05) is 0 Å². The van der Waals surface area contributed by atoms with Crippen molar-refractivity contribution in [2.24, 2.45) is 0 Å². The van der Waals surface area contributed by atoms with E-state index in [9.17, 15) is 9.18 Å². The molecule has 0 bridgehead atoms. The molecule has 7 heteroatoms. The van der Waals surface area contributed by atoms with Gasteiger partial charge in [0.1, 0.15) is 17.5 Å². The number of fused-ring (bicyclic) bond motifs is 1. The second kappa shape index (κ2) is 7.15. The Labute approximate surface area is 152 Å². The van der Waals surface area contributed by atoms with Gasteiger partial charge in [-0.15, -0.1) is 10.2 Å². The molecule has 4 rings (SSSR count). The number of hydrogen-bond acceptors (Lipinski definition) is 4. The van der Waals surface area contributed by atoms with E-state index in [2.05, 4.69) is 25.0 Å².